The topological polar surface area (TPSA) is 43.3 Å². The Morgan fingerprint density at radius 2 is 1.93 bits per heavy atom. The van der Waals surface area contributed by atoms with Crippen molar-refractivity contribution in [1.82, 2.24) is 9.88 Å². The molecule has 0 radical (unpaired) electrons. The molecule has 0 aliphatic carbocycles. The Balaban J connectivity index is 1.64. The van der Waals surface area contributed by atoms with Gasteiger partial charge < -0.3 is 14.6 Å². The molecule has 1 amide bonds. The second-order valence-corrected chi connectivity index (χ2v) is 7.65. The van der Waals surface area contributed by atoms with Gasteiger partial charge in [-0.25, -0.2) is 0 Å². The van der Waals surface area contributed by atoms with Crippen LogP contribution in [0.25, 0.3) is 10.2 Å². The van der Waals surface area contributed by atoms with E-state index >= 15 is 0 Å². The zero-order valence-electron chi connectivity index (χ0n) is 15.9. The third-order valence-electron chi connectivity index (χ3n) is 4.86. The average molecular weight is 391 g/mol. The fraction of sp³-hybridized carbons (Fsp3) is 0.174. The first-order valence-corrected chi connectivity index (χ1v) is 10.1. The van der Waals surface area contributed by atoms with Crippen LogP contribution in [0.15, 0.2) is 72.1 Å². The van der Waals surface area contributed by atoms with Crippen molar-refractivity contribution in [2.24, 2.45) is 0 Å². The third kappa shape index (κ3) is 3.66. The Hall–Kier alpha value is -3.05. The molecule has 2 aromatic heterocycles. The average Bonchev–Trinajstić information content (AvgIpc) is 3.31. The van der Waals surface area contributed by atoms with Crippen LogP contribution in [0.2, 0.25) is 0 Å². The van der Waals surface area contributed by atoms with Gasteiger partial charge in [0.15, 0.2) is 0 Å². The van der Waals surface area contributed by atoms with Gasteiger partial charge in [0.05, 0.1) is 13.2 Å². The zero-order chi connectivity index (χ0) is 19.5. The highest BCUT2D eigenvalue weighted by molar-refractivity contribution is 7.16. The van der Waals surface area contributed by atoms with E-state index in [2.05, 4.69) is 27.4 Å². The van der Waals surface area contributed by atoms with E-state index in [0.29, 0.717) is 12.2 Å². The maximum absolute atomic E-state index is 13.1. The van der Waals surface area contributed by atoms with Gasteiger partial charge in [-0.2, -0.15) is 0 Å². The van der Waals surface area contributed by atoms with Crippen LogP contribution in [-0.2, 0) is 6.54 Å². The lowest BCUT2D eigenvalue weighted by molar-refractivity contribution is 0.0931. The molecule has 0 saturated carbocycles. The minimum atomic E-state index is -0.0670. The smallest absolute Gasteiger partial charge is 0.268 e. The number of aromatic nitrogens is 1. The van der Waals surface area contributed by atoms with Gasteiger partial charge in [0, 0.05) is 11.9 Å². The van der Waals surface area contributed by atoms with Crippen molar-refractivity contribution in [3.8, 4) is 5.75 Å². The monoisotopic (exact) mass is 390 g/mol. The number of amides is 1. The summed E-state index contributed by atoms with van der Waals surface area (Å²) in [5, 5.41) is 6.28. The molecule has 0 spiro atoms. The molecule has 0 fully saturated rings. The van der Waals surface area contributed by atoms with Crippen LogP contribution in [0.1, 0.15) is 34.6 Å². The Morgan fingerprint density at radius 1 is 1.11 bits per heavy atom. The van der Waals surface area contributed by atoms with E-state index in [1.165, 1.54) is 0 Å². The van der Waals surface area contributed by atoms with E-state index in [9.17, 15) is 4.79 Å². The quantitative estimate of drug-likeness (QED) is 0.489. The maximum Gasteiger partial charge on any atom is 0.268 e. The molecule has 1 atom stereocenters. The van der Waals surface area contributed by atoms with Gasteiger partial charge in [-0.3, -0.25) is 4.79 Å². The summed E-state index contributed by atoms with van der Waals surface area (Å²) in [6, 6.07) is 21.9. The van der Waals surface area contributed by atoms with Crippen molar-refractivity contribution in [1.29, 1.82) is 0 Å². The fourth-order valence-electron chi connectivity index (χ4n) is 3.37. The van der Waals surface area contributed by atoms with Crippen molar-refractivity contribution < 1.29 is 9.53 Å². The van der Waals surface area contributed by atoms with Crippen LogP contribution >= 0.6 is 11.3 Å². The molecule has 0 bridgehead atoms. The Morgan fingerprint density at radius 3 is 2.71 bits per heavy atom. The van der Waals surface area contributed by atoms with Crippen LogP contribution in [0.5, 0.6) is 5.75 Å². The second kappa shape index (κ2) is 7.90. The van der Waals surface area contributed by atoms with Crippen molar-refractivity contribution >= 4 is 27.5 Å². The van der Waals surface area contributed by atoms with E-state index in [4.69, 9.17) is 4.74 Å². The van der Waals surface area contributed by atoms with Gasteiger partial charge in [-0.05, 0) is 47.7 Å². The molecule has 0 saturated heterocycles. The summed E-state index contributed by atoms with van der Waals surface area (Å²) in [6.07, 6.45) is 0. The van der Waals surface area contributed by atoms with Crippen LogP contribution in [0.3, 0.4) is 0 Å². The first-order chi connectivity index (χ1) is 13.7. The molecule has 0 unspecified atom stereocenters. The lowest BCUT2D eigenvalue weighted by atomic mass is 10.1. The molecule has 0 aliphatic heterocycles. The molecule has 2 heterocycles. The van der Waals surface area contributed by atoms with Crippen molar-refractivity contribution in [3.05, 3.63) is 88.9 Å². The Bertz CT molecular complexity index is 1100. The van der Waals surface area contributed by atoms with Gasteiger partial charge in [0.25, 0.3) is 5.91 Å². The number of methoxy groups -OCH3 is 1. The predicted molar refractivity (Wildman–Crippen MR) is 114 cm³/mol. The van der Waals surface area contributed by atoms with Gasteiger partial charge in [-0.1, -0.05) is 42.5 Å². The van der Waals surface area contributed by atoms with Gasteiger partial charge in [0.1, 0.15) is 16.3 Å². The summed E-state index contributed by atoms with van der Waals surface area (Å²) in [7, 11) is 1.66. The summed E-state index contributed by atoms with van der Waals surface area (Å²) in [5.41, 5.74) is 2.85. The summed E-state index contributed by atoms with van der Waals surface area (Å²) in [5.74, 6) is 0.749. The lowest BCUT2D eigenvalue weighted by Gasteiger charge is -2.16. The number of rotatable bonds is 6. The van der Waals surface area contributed by atoms with E-state index in [0.717, 1.165) is 27.1 Å². The number of carbonyl (C=O) groups excluding carboxylic acids is 1. The number of nitrogens with zero attached hydrogens (tertiary/aromatic N) is 1. The number of benzene rings is 2. The highest BCUT2D eigenvalue weighted by Gasteiger charge is 2.19. The molecule has 28 heavy (non-hydrogen) atoms. The molecule has 1 N–H and O–H groups in total. The largest absolute Gasteiger partial charge is 0.497 e. The van der Waals surface area contributed by atoms with Crippen molar-refractivity contribution in [3.63, 3.8) is 0 Å². The standard InChI is InChI=1S/C23H22N2O2S/c1-16(18-8-4-3-5-9-18)24-22(26)21-14-19-11-12-28-23(19)25(21)15-17-7-6-10-20(13-17)27-2/h3-14,16H,15H2,1-2H3,(H,24,26)/t16-/m0/s1. The van der Waals surface area contributed by atoms with Gasteiger partial charge in [-0.15, -0.1) is 11.3 Å². The van der Waals surface area contributed by atoms with Crippen LogP contribution in [-0.4, -0.2) is 17.6 Å². The molecule has 142 valence electrons. The summed E-state index contributed by atoms with van der Waals surface area (Å²) in [4.78, 5) is 14.2. The summed E-state index contributed by atoms with van der Waals surface area (Å²) >= 11 is 1.65. The summed E-state index contributed by atoms with van der Waals surface area (Å²) < 4.78 is 7.43. The molecule has 2 aromatic carbocycles. The van der Waals surface area contributed by atoms with Crippen LogP contribution < -0.4 is 10.1 Å². The van der Waals surface area contributed by atoms with Crippen molar-refractivity contribution in [2.75, 3.05) is 7.11 Å². The van der Waals surface area contributed by atoms with Crippen molar-refractivity contribution in [2.45, 2.75) is 19.5 Å². The molecular formula is C23H22N2O2S. The number of thiophene rings is 1. The number of nitrogens with one attached hydrogen (secondary N) is 1. The first-order valence-electron chi connectivity index (χ1n) is 9.21. The van der Waals surface area contributed by atoms with Gasteiger partial charge in [0.2, 0.25) is 0 Å². The lowest BCUT2D eigenvalue weighted by Crippen LogP contribution is -2.28. The highest BCUT2D eigenvalue weighted by Crippen LogP contribution is 2.27. The number of hydrogen-bond donors (Lipinski definition) is 1. The van der Waals surface area contributed by atoms with Crippen LogP contribution in [0, 0.1) is 0 Å². The van der Waals surface area contributed by atoms with E-state index in [-0.39, 0.29) is 11.9 Å². The number of hydrogen-bond acceptors (Lipinski definition) is 3. The highest BCUT2D eigenvalue weighted by atomic mass is 32.1. The fourth-order valence-corrected chi connectivity index (χ4v) is 4.27. The third-order valence-corrected chi connectivity index (χ3v) is 5.81. The molecule has 4 rings (SSSR count). The van der Waals surface area contributed by atoms with Crippen LogP contribution in [0.4, 0.5) is 0 Å². The second-order valence-electron chi connectivity index (χ2n) is 6.75. The minimum absolute atomic E-state index is 0.0631. The molecule has 4 nitrogen and oxygen atoms in total. The van der Waals surface area contributed by atoms with Gasteiger partial charge >= 0.3 is 0 Å². The normalized spacial score (nSPS) is 12.1. The zero-order valence-corrected chi connectivity index (χ0v) is 16.7. The Labute approximate surface area is 168 Å². The molecule has 5 heteroatoms. The number of fused-ring (bicyclic) bond motifs is 1. The van der Waals surface area contributed by atoms with E-state index < -0.39 is 0 Å². The number of carbonyl (C=O) groups is 1. The number of ether oxygens (including phenoxy) is 1. The first kappa shape index (κ1) is 18.3. The minimum Gasteiger partial charge on any atom is -0.497 e. The molecule has 0 aliphatic rings. The van der Waals surface area contributed by atoms with E-state index in [1.54, 1.807) is 18.4 Å². The van der Waals surface area contributed by atoms with E-state index in [1.807, 2.05) is 61.5 Å². The maximum atomic E-state index is 13.1. The summed E-state index contributed by atoms with van der Waals surface area (Å²) in [6.45, 7) is 2.62. The molecule has 4 aromatic rings. The SMILES string of the molecule is COc1cccc(Cn2c(C(=O)N[C@@H](C)c3ccccc3)cc3ccsc32)c1. The molecular weight excluding hydrogens is 368 g/mol. The predicted octanol–water partition coefficient (Wildman–Crippen LogP) is 5.25. The Kier molecular flexibility index (Phi) is 5.17.